The number of aryl methyl sites for hydroxylation is 1. The van der Waals surface area contributed by atoms with Gasteiger partial charge in [0, 0.05) is 23.7 Å². The molecule has 0 aliphatic heterocycles. The highest BCUT2D eigenvalue weighted by Crippen LogP contribution is 2.30. The zero-order valence-corrected chi connectivity index (χ0v) is 19.7. The van der Waals surface area contributed by atoms with Crippen LogP contribution in [0.2, 0.25) is 0 Å². The second kappa shape index (κ2) is 9.49. The lowest BCUT2D eigenvalue weighted by Gasteiger charge is -2.33. The van der Waals surface area contributed by atoms with E-state index < -0.39 is 16.0 Å². The van der Waals surface area contributed by atoms with Gasteiger partial charge in [0.25, 0.3) is 5.56 Å². The molecule has 174 valence electrons. The number of aromatic nitrogens is 1. The number of hydrogen-bond acceptors (Lipinski definition) is 5. The van der Waals surface area contributed by atoms with Gasteiger partial charge in [-0.2, -0.15) is 4.31 Å². The van der Waals surface area contributed by atoms with Gasteiger partial charge in [0.1, 0.15) is 0 Å². The van der Waals surface area contributed by atoms with Crippen LogP contribution in [0.4, 0.5) is 0 Å². The topological polar surface area (TPSA) is 96.5 Å². The number of hydrogen-bond donors (Lipinski definition) is 1. The molecule has 0 bridgehead atoms. The van der Waals surface area contributed by atoms with Crippen LogP contribution in [-0.2, 0) is 21.3 Å². The third-order valence-corrected chi connectivity index (χ3v) is 8.14. The van der Waals surface area contributed by atoms with Crippen LogP contribution in [0.3, 0.4) is 0 Å². The molecule has 0 spiro atoms. The molecule has 3 aromatic rings. The highest BCUT2D eigenvalue weighted by molar-refractivity contribution is 7.89. The van der Waals surface area contributed by atoms with Crippen LogP contribution in [-0.4, -0.2) is 36.8 Å². The monoisotopic (exact) mass is 468 g/mol. The number of aromatic amines is 1. The molecule has 0 unspecified atom stereocenters. The molecule has 1 fully saturated rings. The molecule has 1 aliphatic carbocycles. The Bertz CT molecular complexity index is 1340. The number of rotatable bonds is 6. The van der Waals surface area contributed by atoms with Crippen molar-refractivity contribution in [1.82, 2.24) is 9.29 Å². The van der Waals surface area contributed by atoms with Crippen LogP contribution in [0.1, 0.15) is 53.6 Å². The fraction of sp³-hybridized carbons (Fsp3) is 0.360. The number of methoxy groups -OCH3 is 1. The van der Waals surface area contributed by atoms with Gasteiger partial charge in [-0.3, -0.25) is 4.79 Å². The van der Waals surface area contributed by atoms with E-state index in [9.17, 15) is 18.0 Å². The molecule has 1 aromatic heterocycles. The van der Waals surface area contributed by atoms with Crippen molar-refractivity contribution in [2.45, 2.75) is 56.5 Å². The van der Waals surface area contributed by atoms with E-state index in [4.69, 9.17) is 4.74 Å². The summed E-state index contributed by atoms with van der Waals surface area (Å²) in [4.78, 5) is 27.7. The predicted molar refractivity (Wildman–Crippen MR) is 127 cm³/mol. The van der Waals surface area contributed by atoms with Crippen molar-refractivity contribution in [3.05, 3.63) is 75.6 Å². The van der Waals surface area contributed by atoms with Crippen molar-refractivity contribution in [2.75, 3.05) is 7.11 Å². The largest absolute Gasteiger partial charge is 0.465 e. The second-order valence-electron chi connectivity index (χ2n) is 8.58. The molecule has 0 radical (unpaired) electrons. The number of benzene rings is 2. The molecular weight excluding hydrogens is 440 g/mol. The van der Waals surface area contributed by atoms with Gasteiger partial charge in [0.2, 0.25) is 10.0 Å². The minimum absolute atomic E-state index is 0.0176. The molecule has 4 rings (SSSR count). The summed E-state index contributed by atoms with van der Waals surface area (Å²) >= 11 is 0. The average molecular weight is 469 g/mol. The van der Waals surface area contributed by atoms with Gasteiger partial charge in [0.15, 0.2) is 0 Å². The average Bonchev–Trinajstić information content (AvgIpc) is 2.83. The number of H-pyrrole nitrogens is 1. The van der Waals surface area contributed by atoms with Crippen molar-refractivity contribution >= 4 is 26.9 Å². The van der Waals surface area contributed by atoms with E-state index in [1.807, 2.05) is 25.1 Å². The van der Waals surface area contributed by atoms with E-state index in [-0.39, 0.29) is 28.6 Å². The minimum atomic E-state index is -3.97. The first kappa shape index (κ1) is 23.2. The molecule has 1 heterocycles. The fourth-order valence-electron chi connectivity index (χ4n) is 4.47. The van der Waals surface area contributed by atoms with Gasteiger partial charge >= 0.3 is 5.97 Å². The number of carbonyl (C=O) groups is 1. The molecule has 1 N–H and O–H groups in total. The summed E-state index contributed by atoms with van der Waals surface area (Å²) in [5, 5.41) is 0.860. The quantitative estimate of drug-likeness (QED) is 0.548. The highest BCUT2D eigenvalue weighted by atomic mass is 32.2. The summed E-state index contributed by atoms with van der Waals surface area (Å²) in [7, 11) is -2.71. The summed E-state index contributed by atoms with van der Waals surface area (Å²) in [6, 6.07) is 13.2. The lowest BCUT2D eigenvalue weighted by atomic mass is 9.95. The second-order valence-corrected chi connectivity index (χ2v) is 10.5. The molecule has 0 atom stereocenters. The van der Waals surface area contributed by atoms with Gasteiger partial charge < -0.3 is 9.72 Å². The molecule has 0 amide bonds. The van der Waals surface area contributed by atoms with E-state index in [1.54, 1.807) is 6.07 Å². The Morgan fingerprint density at radius 3 is 2.58 bits per heavy atom. The number of ether oxygens (including phenoxy) is 1. The first-order valence-corrected chi connectivity index (χ1v) is 12.6. The highest BCUT2D eigenvalue weighted by Gasteiger charge is 2.33. The van der Waals surface area contributed by atoms with Crippen LogP contribution in [0, 0.1) is 6.92 Å². The summed E-state index contributed by atoms with van der Waals surface area (Å²) in [5.74, 6) is -0.599. The van der Waals surface area contributed by atoms with Gasteiger partial charge in [-0.05, 0) is 61.5 Å². The third-order valence-electron chi connectivity index (χ3n) is 6.25. The van der Waals surface area contributed by atoms with E-state index in [1.165, 1.54) is 35.7 Å². The number of nitrogens with one attached hydrogen (secondary N) is 1. The van der Waals surface area contributed by atoms with Gasteiger partial charge in [-0.1, -0.05) is 37.0 Å². The lowest BCUT2D eigenvalue weighted by molar-refractivity contribution is 0.0600. The molecular formula is C25H28N2O5S. The molecule has 1 saturated carbocycles. The van der Waals surface area contributed by atoms with Crippen LogP contribution < -0.4 is 5.56 Å². The number of pyridine rings is 1. The predicted octanol–water partition coefficient (Wildman–Crippen LogP) is 4.15. The van der Waals surface area contributed by atoms with Crippen LogP contribution in [0.25, 0.3) is 10.9 Å². The van der Waals surface area contributed by atoms with E-state index in [0.717, 1.165) is 43.1 Å². The first-order valence-electron chi connectivity index (χ1n) is 11.1. The zero-order chi connectivity index (χ0) is 23.6. The Morgan fingerprint density at radius 2 is 1.85 bits per heavy atom. The molecule has 2 aromatic carbocycles. The maximum absolute atomic E-state index is 13.8. The van der Waals surface area contributed by atoms with Crippen LogP contribution in [0.5, 0.6) is 0 Å². The standard InChI is InChI=1S/C25H28N2O5S/c1-17-11-12-23-19(13-17)14-20(24(28)26-23)16-27(21-8-4-3-5-9-21)33(30,31)22-10-6-7-18(15-22)25(29)32-2/h6-7,10-15,21H,3-5,8-9,16H2,1-2H3,(H,26,28). The summed E-state index contributed by atoms with van der Waals surface area (Å²) in [5.41, 5.74) is 2.03. The Morgan fingerprint density at radius 1 is 1.09 bits per heavy atom. The maximum atomic E-state index is 13.8. The molecule has 1 aliphatic rings. The van der Waals surface area contributed by atoms with Gasteiger partial charge in [0.05, 0.1) is 17.6 Å². The number of esters is 1. The van der Waals surface area contributed by atoms with E-state index >= 15 is 0 Å². The van der Waals surface area contributed by atoms with Crippen LogP contribution in [0.15, 0.2) is 58.2 Å². The van der Waals surface area contributed by atoms with E-state index in [2.05, 4.69) is 4.98 Å². The fourth-order valence-corrected chi connectivity index (χ4v) is 6.18. The molecule has 33 heavy (non-hydrogen) atoms. The molecule has 7 nitrogen and oxygen atoms in total. The number of fused-ring (bicyclic) bond motifs is 1. The van der Waals surface area contributed by atoms with Gasteiger partial charge in [-0.15, -0.1) is 0 Å². The Labute approximate surface area is 193 Å². The Kier molecular flexibility index (Phi) is 6.67. The Balaban J connectivity index is 1.78. The van der Waals surface area contributed by atoms with Gasteiger partial charge in [-0.25, -0.2) is 13.2 Å². The third kappa shape index (κ3) is 4.86. The molecule has 8 heteroatoms. The minimum Gasteiger partial charge on any atom is -0.465 e. The number of sulfonamides is 1. The van der Waals surface area contributed by atoms with Crippen LogP contribution >= 0.6 is 0 Å². The lowest BCUT2D eigenvalue weighted by Crippen LogP contribution is -2.42. The Hall–Kier alpha value is -2.97. The van der Waals surface area contributed by atoms with Crippen molar-refractivity contribution in [2.24, 2.45) is 0 Å². The summed E-state index contributed by atoms with van der Waals surface area (Å²) < 4.78 is 33.8. The van der Waals surface area contributed by atoms with Crippen molar-refractivity contribution < 1.29 is 17.9 Å². The van der Waals surface area contributed by atoms with Crippen molar-refractivity contribution in [3.63, 3.8) is 0 Å². The smallest absolute Gasteiger partial charge is 0.337 e. The zero-order valence-electron chi connectivity index (χ0n) is 18.8. The van der Waals surface area contributed by atoms with Crippen molar-refractivity contribution in [3.8, 4) is 0 Å². The first-order chi connectivity index (χ1) is 15.8. The number of nitrogens with zero attached hydrogens (tertiary/aromatic N) is 1. The summed E-state index contributed by atoms with van der Waals surface area (Å²) in [6.07, 6.45) is 4.41. The SMILES string of the molecule is COC(=O)c1cccc(S(=O)(=O)N(Cc2cc3cc(C)ccc3[nH]c2=O)C2CCCCC2)c1. The number of carbonyl (C=O) groups excluding carboxylic acids is 1. The van der Waals surface area contributed by atoms with E-state index in [0.29, 0.717) is 11.1 Å². The maximum Gasteiger partial charge on any atom is 0.337 e. The van der Waals surface area contributed by atoms with Crippen molar-refractivity contribution in [1.29, 1.82) is 0 Å². The summed E-state index contributed by atoms with van der Waals surface area (Å²) in [6.45, 7) is 1.94. The molecule has 0 saturated heterocycles. The normalized spacial score (nSPS) is 15.1.